The number of Topliss-reactive ketones (excluding diaryl/α,β-unsaturated/α-hetero) is 3. The average molecular weight is 470 g/mol. The largest absolute Gasteiger partial charge is 0.511 e. The number of amides is 1. The number of benzene rings is 1. The highest BCUT2D eigenvalue weighted by Crippen LogP contribution is 2.52. The lowest BCUT2D eigenvalue weighted by molar-refractivity contribution is -0.144. The number of nitrogens with two attached hydrogens (primary N) is 1. The second-order valence-electron chi connectivity index (χ2n) is 9.23. The van der Waals surface area contributed by atoms with Gasteiger partial charge < -0.3 is 31.1 Å². The number of primary amides is 1. The van der Waals surface area contributed by atoms with Crippen LogP contribution >= 0.6 is 0 Å². The highest BCUT2D eigenvalue weighted by molar-refractivity contribution is 6.24. The number of anilines is 1. The molecule has 0 saturated heterocycles. The molecule has 1 aromatic carbocycles. The van der Waals surface area contributed by atoms with Gasteiger partial charge in [0, 0.05) is 44.1 Å². The van der Waals surface area contributed by atoms with Crippen molar-refractivity contribution >= 4 is 28.9 Å². The summed E-state index contributed by atoms with van der Waals surface area (Å²) in [6.45, 7) is 1.62. The van der Waals surface area contributed by atoms with Crippen LogP contribution in [0.15, 0.2) is 28.7 Å². The van der Waals surface area contributed by atoms with Crippen molar-refractivity contribution in [2.24, 2.45) is 17.6 Å². The maximum Gasteiger partial charge on any atom is 0.255 e. The van der Waals surface area contributed by atoms with Gasteiger partial charge >= 0.3 is 0 Å². The Morgan fingerprint density at radius 2 is 1.82 bits per heavy atom. The molecule has 0 aliphatic heterocycles. The molecular formula is C24H26N2O8. The number of phenols is 1. The molecule has 0 heterocycles. The summed E-state index contributed by atoms with van der Waals surface area (Å²) in [5, 5.41) is 43.5. The number of rotatable bonds is 4. The molecule has 10 heteroatoms. The van der Waals surface area contributed by atoms with Crippen LogP contribution in [0.4, 0.5) is 5.69 Å². The number of aliphatic hydroxyl groups is 3. The van der Waals surface area contributed by atoms with Crippen molar-refractivity contribution in [2.75, 3.05) is 19.0 Å². The molecule has 0 spiro atoms. The second-order valence-corrected chi connectivity index (χ2v) is 9.23. The van der Waals surface area contributed by atoms with Gasteiger partial charge in [0.05, 0.1) is 11.1 Å². The minimum absolute atomic E-state index is 0.0400. The van der Waals surface area contributed by atoms with Gasteiger partial charge in [-0.25, -0.2) is 0 Å². The molecule has 6 N–H and O–H groups in total. The zero-order valence-electron chi connectivity index (χ0n) is 19.0. The molecule has 34 heavy (non-hydrogen) atoms. The fraction of sp³-hybridized carbons (Fsp3) is 0.417. The lowest BCUT2D eigenvalue weighted by Crippen LogP contribution is -2.57. The summed E-state index contributed by atoms with van der Waals surface area (Å²) in [4.78, 5) is 52.5. The SMILES string of the molecule is CCC(=O)c1cc(N(C)C)c2c(c1O)C(=O)C1=C(O)[C@]3(O)C(=O)C(C(N)=O)=C(O)C[C@@H]3C[C@@H]1C2. The topological polar surface area (TPSA) is 178 Å². The van der Waals surface area contributed by atoms with Crippen molar-refractivity contribution in [3.63, 3.8) is 0 Å². The zero-order chi connectivity index (χ0) is 25.3. The van der Waals surface area contributed by atoms with E-state index in [4.69, 9.17) is 5.73 Å². The van der Waals surface area contributed by atoms with E-state index >= 15 is 0 Å². The third kappa shape index (κ3) is 2.98. The number of carbonyl (C=O) groups excluding carboxylic acids is 4. The molecule has 1 aromatic rings. The van der Waals surface area contributed by atoms with Gasteiger partial charge in [-0.3, -0.25) is 19.2 Å². The lowest BCUT2D eigenvalue weighted by atomic mass is 9.60. The van der Waals surface area contributed by atoms with Crippen LogP contribution in [0.1, 0.15) is 52.5 Å². The monoisotopic (exact) mass is 470 g/mol. The van der Waals surface area contributed by atoms with Crippen LogP contribution in [0.25, 0.3) is 0 Å². The Morgan fingerprint density at radius 1 is 1.18 bits per heavy atom. The summed E-state index contributed by atoms with van der Waals surface area (Å²) >= 11 is 0. The minimum Gasteiger partial charge on any atom is -0.511 e. The van der Waals surface area contributed by atoms with E-state index in [1.807, 2.05) is 0 Å². The second kappa shape index (κ2) is 7.69. The van der Waals surface area contributed by atoms with Crippen LogP contribution in [-0.4, -0.2) is 63.4 Å². The number of hydrogen-bond acceptors (Lipinski definition) is 9. The normalized spacial score (nSPS) is 26.1. The summed E-state index contributed by atoms with van der Waals surface area (Å²) in [6, 6.07) is 1.53. The molecule has 1 amide bonds. The molecule has 3 atom stereocenters. The number of carbonyl (C=O) groups is 4. The van der Waals surface area contributed by atoms with E-state index in [0.717, 1.165) is 0 Å². The summed E-state index contributed by atoms with van der Waals surface area (Å²) in [5.74, 6) is -7.36. The minimum atomic E-state index is -2.62. The summed E-state index contributed by atoms with van der Waals surface area (Å²) < 4.78 is 0. The molecule has 3 aliphatic rings. The van der Waals surface area contributed by atoms with E-state index in [9.17, 15) is 39.6 Å². The first kappa shape index (κ1) is 23.5. The van der Waals surface area contributed by atoms with Crippen LogP contribution in [-0.2, 0) is 16.0 Å². The molecule has 0 unspecified atom stereocenters. The van der Waals surface area contributed by atoms with Crippen molar-refractivity contribution in [2.45, 2.75) is 38.2 Å². The third-order valence-electron chi connectivity index (χ3n) is 7.14. The van der Waals surface area contributed by atoms with Crippen molar-refractivity contribution in [1.29, 1.82) is 0 Å². The fourth-order valence-electron chi connectivity index (χ4n) is 5.47. The number of phenolic OH excluding ortho intramolecular Hbond substituents is 1. The van der Waals surface area contributed by atoms with Crippen LogP contribution in [0.2, 0.25) is 0 Å². The van der Waals surface area contributed by atoms with E-state index in [2.05, 4.69) is 0 Å². The molecule has 3 aliphatic carbocycles. The van der Waals surface area contributed by atoms with E-state index < -0.39 is 57.8 Å². The van der Waals surface area contributed by atoms with E-state index in [1.165, 1.54) is 6.07 Å². The third-order valence-corrected chi connectivity index (χ3v) is 7.14. The van der Waals surface area contributed by atoms with Gasteiger partial charge in [-0.15, -0.1) is 0 Å². The smallest absolute Gasteiger partial charge is 0.255 e. The Hall–Kier alpha value is -3.66. The average Bonchev–Trinajstić information content (AvgIpc) is 2.75. The van der Waals surface area contributed by atoms with Crippen molar-refractivity contribution in [1.82, 2.24) is 0 Å². The first-order valence-electron chi connectivity index (χ1n) is 10.9. The Labute approximate surface area is 195 Å². The number of hydrogen-bond donors (Lipinski definition) is 5. The number of ketones is 3. The van der Waals surface area contributed by atoms with Crippen LogP contribution < -0.4 is 10.6 Å². The van der Waals surface area contributed by atoms with Crippen LogP contribution in [0.5, 0.6) is 5.75 Å². The highest BCUT2D eigenvalue weighted by atomic mass is 16.3. The molecule has 0 aromatic heterocycles. The molecule has 0 radical (unpaired) electrons. The lowest BCUT2D eigenvalue weighted by Gasteiger charge is -2.45. The van der Waals surface area contributed by atoms with Gasteiger partial charge in [-0.2, -0.15) is 0 Å². The molecule has 0 saturated carbocycles. The molecule has 0 fully saturated rings. The van der Waals surface area contributed by atoms with Gasteiger partial charge in [0.15, 0.2) is 17.2 Å². The van der Waals surface area contributed by atoms with Crippen molar-refractivity contribution in [3.8, 4) is 5.75 Å². The predicted octanol–water partition coefficient (Wildman–Crippen LogP) is 1.24. The van der Waals surface area contributed by atoms with Gasteiger partial charge in [0.2, 0.25) is 5.78 Å². The number of fused-ring (bicyclic) bond motifs is 3. The van der Waals surface area contributed by atoms with Crippen molar-refractivity contribution in [3.05, 3.63) is 45.4 Å². The van der Waals surface area contributed by atoms with E-state index in [-0.39, 0.29) is 48.2 Å². The first-order valence-corrected chi connectivity index (χ1v) is 10.9. The van der Waals surface area contributed by atoms with Crippen LogP contribution in [0, 0.1) is 11.8 Å². The predicted molar refractivity (Wildman–Crippen MR) is 120 cm³/mol. The molecule has 180 valence electrons. The molecule has 10 nitrogen and oxygen atoms in total. The molecular weight excluding hydrogens is 444 g/mol. The Bertz CT molecular complexity index is 1240. The fourth-order valence-corrected chi connectivity index (χ4v) is 5.47. The maximum absolute atomic E-state index is 13.6. The number of nitrogens with zero attached hydrogens (tertiary/aromatic N) is 1. The summed E-state index contributed by atoms with van der Waals surface area (Å²) in [6.07, 6.45) is 0.0268. The number of aromatic hydroxyl groups is 1. The standard InChI is InChI=1S/C24H26N2O8/c1-4-14(27)12-8-13(26(2)3)11-6-9-5-10-7-15(28)18(23(25)33)22(32)24(10,34)21(31)16(9)20(30)17(11)19(12)29/h8-10,28-29,31,34H,4-7H2,1-3H3,(H2,25,33)/t9-,10+,24+/m1/s1. The molecule has 0 bridgehead atoms. The van der Waals surface area contributed by atoms with Gasteiger partial charge in [0.1, 0.15) is 22.8 Å². The maximum atomic E-state index is 13.6. The molecule has 4 rings (SSSR count). The van der Waals surface area contributed by atoms with Gasteiger partial charge in [-0.05, 0) is 30.4 Å². The number of allylic oxidation sites excluding steroid dienone is 2. The highest BCUT2D eigenvalue weighted by Gasteiger charge is 2.59. The van der Waals surface area contributed by atoms with Crippen LogP contribution in [0.3, 0.4) is 0 Å². The quantitative estimate of drug-likeness (QED) is 0.320. The Morgan fingerprint density at radius 3 is 2.38 bits per heavy atom. The van der Waals surface area contributed by atoms with Crippen molar-refractivity contribution < 1.29 is 39.6 Å². The Balaban J connectivity index is 1.96. The summed E-state index contributed by atoms with van der Waals surface area (Å²) in [5.41, 5.74) is 2.32. The van der Waals surface area contributed by atoms with E-state index in [1.54, 1.807) is 25.9 Å². The zero-order valence-corrected chi connectivity index (χ0v) is 19.0. The first-order chi connectivity index (χ1) is 15.9. The Kier molecular flexibility index (Phi) is 5.32. The van der Waals surface area contributed by atoms with Gasteiger partial charge in [0.25, 0.3) is 5.91 Å². The summed E-state index contributed by atoms with van der Waals surface area (Å²) in [7, 11) is 3.46. The number of aliphatic hydroxyl groups excluding tert-OH is 2. The van der Waals surface area contributed by atoms with E-state index in [0.29, 0.717) is 11.3 Å². The van der Waals surface area contributed by atoms with Gasteiger partial charge in [-0.1, -0.05) is 6.92 Å².